The zero-order valence-electron chi connectivity index (χ0n) is 20.6. The molecule has 0 spiro atoms. The Kier molecular flexibility index (Phi) is 6.06. The van der Waals surface area contributed by atoms with Crippen LogP contribution in [-0.2, 0) is 5.41 Å². The standard InChI is InChI=1S/C25H30ClN7O2/c1-15-12-16-17(27-15)6-7-18(23(16)26)34-24-29-20(28-21-13-19(35-31-21)25(2,3)4)14-22(30-24)33-10-8-32(5)9-11-33/h6-7,12-14,27H,8-11H2,1-5H3,(H,28,29,30,31). The van der Waals surface area contributed by atoms with E-state index in [9.17, 15) is 0 Å². The van der Waals surface area contributed by atoms with Crippen LogP contribution in [0.4, 0.5) is 17.5 Å². The van der Waals surface area contributed by atoms with Crippen molar-refractivity contribution in [3.63, 3.8) is 0 Å². The number of anilines is 3. The quantitative estimate of drug-likeness (QED) is 0.375. The minimum Gasteiger partial charge on any atom is -0.423 e. The van der Waals surface area contributed by atoms with Crippen LogP contribution in [0.1, 0.15) is 32.2 Å². The maximum absolute atomic E-state index is 6.67. The summed E-state index contributed by atoms with van der Waals surface area (Å²) in [6.45, 7) is 11.9. The third-order valence-electron chi connectivity index (χ3n) is 6.06. The van der Waals surface area contributed by atoms with Crippen LogP contribution in [0.5, 0.6) is 11.8 Å². The van der Waals surface area contributed by atoms with E-state index in [1.807, 2.05) is 37.3 Å². The second-order valence-corrected chi connectivity index (χ2v) is 10.4. The molecule has 1 aliphatic heterocycles. The van der Waals surface area contributed by atoms with Crippen LogP contribution in [-0.4, -0.2) is 58.2 Å². The summed E-state index contributed by atoms with van der Waals surface area (Å²) in [7, 11) is 2.12. The Hall–Kier alpha value is -3.30. The molecule has 5 rings (SSSR count). The molecule has 3 aromatic heterocycles. The van der Waals surface area contributed by atoms with Crippen molar-refractivity contribution in [1.82, 2.24) is 25.0 Å². The zero-order valence-corrected chi connectivity index (χ0v) is 21.4. The number of H-pyrrole nitrogens is 1. The van der Waals surface area contributed by atoms with Gasteiger partial charge in [0.1, 0.15) is 23.1 Å². The van der Waals surface area contributed by atoms with Gasteiger partial charge in [0, 0.05) is 60.3 Å². The molecule has 1 fully saturated rings. The van der Waals surface area contributed by atoms with E-state index < -0.39 is 0 Å². The number of ether oxygens (including phenoxy) is 1. The zero-order chi connectivity index (χ0) is 24.7. The van der Waals surface area contributed by atoms with Crippen molar-refractivity contribution in [3.8, 4) is 11.8 Å². The van der Waals surface area contributed by atoms with Crippen molar-refractivity contribution in [2.24, 2.45) is 0 Å². The number of aryl methyl sites for hydroxylation is 1. The number of aromatic nitrogens is 4. The highest BCUT2D eigenvalue weighted by Gasteiger charge is 2.22. The number of likely N-dealkylation sites (N-methyl/N-ethyl adjacent to an activating group) is 1. The molecule has 0 saturated carbocycles. The number of nitrogens with zero attached hydrogens (tertiary/aromatic N) is 5. The van der Waals surface area contributed by atoms with Crippen molar-refractivity contribution in [2.45, 2.75) is 33.1 Å². The molecule has 4 heterocycles. The summed E-state index contributed by atoms with van der Waals surface area (Å²) in [5, 5.41) is 8.82. The molecule has 10 heteroatoms. The van der Waals surface area contributed by atoms with E-state index in [4.69, 9.17) is 25.8 Å². The Labute approximate surface area is 209 Å². The van der Waals surface area contributed by atoms with Gasteiger partial charge in [-0.15, -0.1) is 0 Å². The fourth-order valence-corrected chi connectivity index (χ4v) is 4.26. The lowest BCUT2D eigenvalue weighted by molar-refractivity contribution is 0.311. The first-order valence-corrected chi connectivity index (χ1v) is 12.1. The van der Waals surface area contributed by atoms with Crippen LogP contribution < -0.4 is 15.0 Å². The van der Waals surface area contributed by atoms with Crippen molar-refractivity contribution in [2.75, 3.05) is 43.4 Å². The Morgan fingerprint density at radius 2 is 1.83 bits per heavy atom. The van der Waals surface area contributed by atoms with Gasteiger partial charge in [0.15, 0.2) is 5.82 Å². The summed E-state index contributed by atoms with van der Waals surface area (Å²) in [4.78, 5) is 17.1. The molecule has 2 N–H and O–H groups in total. The van der Waals surface area contributed by atoms with Gasteiger partial charge in [-0.1, -0.05) is 37.5 Å². The van der Waals surface area contributed by atoms with Crippen molar-refractivity contribution < 1.29 is 9.26 Å². The lowest BCUT2D eigenvalue weighted by Crippen LogP contribution is -2.44. The largest absolute Gasteiger partial charge is 0.423 e. The Morgan fingerprint density at radius 3 is 2.54 bits per heavy atom. The van der Waals surface area contributed by atoms with Gasteiger partial charge >= 0.3 is 6.01 Å². The van der Waals surface area contributed by atoms with Gasteiger partial charge in [-0.25, -0.2) is 0 Å². The van der Waals surface area contributed by atoms with Gasteiger partial charge in [0.2, 0.25) is 0 Å². The van der Waals surface area contributed by atoms with E-state index in [1.54, 1.807) is 0 Å². The van der Waals surface area contributed by atoms with Gasteiger partial charge < -0.3 is 29.4 Å². The molecule has 1 aromatic carbocycles. The molecule has 9 nitrogen and oxygen atoms in total. The summed E-state index contributed by atoms with van der Waals surface area (Å²) >= 11 is 6.67. The predicted molar refractivity (Wildman–Crippen MR) is 138 cm³/mol. The number of aromatic amines is 1. The third kappa shape index (κ3) is 5.06. The lowest BCUT2D eigenvalue weighted by atomic mass is 9.93. The summed E-state index contributed by atoms with van der Waals surface area (Å²) in [5.74, 6) is 3.20. The van der Waals surface area contributed by atoms with Crippen molar-refractivity contribution >= 4 is 40.0 Å². The van der Waals surface area contributed by atoms with Gasteiger partial charge in [0.25, 0.3) is 0 Å². The molecule has 184 valence electrons. The molecule has 1 saturated heterocycles. The SMILES string of the molecule is Cc1cc2c(Cl)c(Oc3nc(Nc4cc(C(C)(C)C)on4)cc(N4CCN(C)CC4)n3)ccc2[nH]1. The van der Waals surface area contributed by atoms with E-state index in [2.05, 4.69) is 58.1 Å². The Morgan fingerprint density at radius 1 is 1.06 bits per heavy atom. The normalized spacial score (nSPS) is 15.1. The average molecular weight is 496 g/mol. The van der Waals surface area contributed by atoms with E-state index in [-0.39, 0.29) is 11.4 Å². The number of hydrogen-bond acceptors (Lipinski definition) is 8. The second kappa shape index (κ2) is 9.05. The van der Waals surface area contributed by atoms with Crippen LogP contribution in [0.2, 0.25) is 5.02 Å². The third-order valence-corrected chi connectivity index (χ3v) is 6.45. The summed E-state index contributed by atoms with van der Waals surface area (Å²) in [6.07, 6.45) is 0. The highest BCUT2D eigenvalue weighted by molar-refractivity contribution is 6.37. The number of piperazine rings is 1. The van der Waals surface area contributed by atoms with Gasteiger partial charge in [-0.3, -0.25) is 0 Å². The minimum absolute atomic E-state index is 0.149. The maximum atomic E-state index is 6.67. The van der Waals surface area contributed by atoms with Crippen LogP contribution in [0.25, 0.3) is 10.9 Å². The van der Waals surface area contributed by atoms with Crippen LogP contribution >= 0.6 is 11.6 Å². The predicted octanol–water partition coefficient (Wildman–Crippen LogP) is 5.49. The molecule has 0 unspecified atom stereocenters. The Balaban J connectivity index is 1.48. The summed E-state index contributed by atoms with van der Waals surface area (Å²) in [6, 6.07) is 9.76. The van der Waals surface area contributed by atoms with Crippen LogP contribution in [0, 0.1) is 6.92 Å². The first-order chi connectivity index (χ1) is 16.7. The molecule has 0 bridgehead atoms. The van der Waals surface area contributed by atoms with Gasteiger partial charge in [0.05, 0.1) is 5.02 Å². The molecular weight excluding hydrogens is 466 g/mol. The summed E-state index contributed by atoms with van der Waals surface area (Å²) in [5.41, 5.74) is 1.83. The summed E-state index contributed by atoms with van der Waals surface area (Å²) < 4.78 is 11.6. The van der Waals surface area contributed by atoms with Crippen LogP contribution in [0.3, 0.4) is 0 Å². The van der Waals surface area contributed by atoms with Gasteiger partial charge in [-0.2, -0.15) is 9.97 Å². The first-order valence-electron chi connectivity index (χ1n) is 11.7. The number of hydrogen-bond donors (Lipinski definition) is 2. The number of halogens is 1. The second-order valence-electron chi connectivity index (χ2n) is 10.0. The topological polar surface area (TPSA) is 95.3 Å². The Bertz CT molecular complexity index is 1350. The molecular formula is C25H30ClN7O2. The molecule has 0 atom stereocenters. The highest BCUT2D eigenvalue weighted by Crippen LogP contribution is 2.36. The number of rotatable bonds is 5. The fraction of sp³-hybridized carbons (Fsp3) is 0.400. The van der Waals surface area contributed by atoms with Gasteiger partial charge in [-0.05, 0) is 32.2 Å². The lowest BCUT2D eigenvalue weighted by Gasteiger charge is -2.33. The molecule has 0 radical (unpaired) electrons. The van der Waals surface area contributed by atoms with E-state index in [0.29, 0.717) is 22.4 Å². The monoisotopic (exact) mass is 495 g/mol. The smallest absolute Gasteiger partial charge is 0.325 e. The van der Waals surface area contributed by atoms with E-state index in [1.165, 1.54) is 0 Å². The number of nitrogens with one attached hydrogen (secondary N) is 2. The first kappa shape index (κ1) is 23.4. The number of fused-ring (bicyclic) bond motifs is 1. The molecule has 4 aromatic rings. The highest BCUT2D eigenvalue weighted by atomic mass is 35.5. The van der Waals surface area contributed by atoms with E-state index in [0.717, 1.165) is 54.4 Å². The van der Waals surface area contributed by atoms with Crippen LogP contribution in [0.15, 0.2) is 34.9 Å². The average Bonchev–Trinajstić information content (AvgIpc) is 3.43. The maximum Gasteiger partial charge on any atom is 0.325 e. The van der Waals surface area contributed by atoms with Crippen molar-refractivity contribution in [1.29, 1.82) is 0 Å². The van der Waals surface area contributed by atoms with E-state index >= 15 is 0 Å². The molecule has 0 aliphatic carbocycles. The van der Waals surface area contributed by atoms with Crippen molar-refractivity contribution in [3.05, 3.63) is 46.8 Å². The number of benzene rings is 1. The molecule has 35 heavy (non-hydrogen) atoms. The molecule has 1 aliphatic rings. The molecule has 0 amide bonds. The minimum atomic E-state index is -0.149. The fourth-order valence-electron chi connectivity index (χ4n) is 4.00.